The zero-order valence-electron chi connectivity index (χ0n) is 47.9. The van der Waals surface area contributed by atoms with Gasteiger partial charge in [0.25, 0.3) is 7.82 Å². The van der Waals surface area contributed by atoms with Crippen molar-refractivity contribution in [2.75, 3.05) is 47.5 Å². The number of phosphoric acid groups is 1. The summed E-state index contributed by atoms with van der Waals surface area (Å²) >= 11 is 0. The van der Waals surface area contributed by atoms with Crippen LogP contribution >= 0.6 is 7.82 Å². The summed E-state index contributed by atoms with van der Waals surface area (Å²) in [5.41, 5.74) is 0. The number of unbranched alkanes of at least 4 members (excludes halogenated alkanes) is 5. The minimum atomic E-state index is -4.67. The molecule has 0 spiro atoms. The first-order valence-corrected chi connectivity index (χ1v) is 30.0. The van der Waals surface area contributed by atoms with Gasteiger partial charge in [0, 0.05) is 12.8 Å². The van der Waals surface area contributed by atoms with E-state index >= 15 is 0 Å². The summed E-state index contributed by atoms with van der Waals surface area (Å²) in [6, 6.07) is 0. The minimum absolute atomic E-state index is 0.0575. The monoisotopic (exact) mass is 1070 g/mol. The van der Waals surface area contributed by atoms with E-state index in [0.29, 0.717) is 23.9 Å². The van der Waals surface area contributed by atoms with Crippen LogP contribution in [-0.2, 0) is 32.7 Å². The van der Waals surface area contributed by atoms with Crippen LogP contribution < -0.4 is 4.89 Å². The number of hydrogen-bond donors (Lipinski definition) is 0. The molecule has 10 heteroatoms. The van der Waals surface area contributed by atoms with Crippen molar-refractivity contribution in [1.29, 1.82) is 0 Å². The van der Waals surface area contributed by atoms with E-state index in [9.17, 15) is 19.0 Å². The average molecular weight is 1070 g/mol. The maximum Gasteiger partial charge on any atom is 0.306 e. The lowest BCUT2D eigenvalue weighted by Crippen LogP contribution is -2.37. The second kappa shape index (κ2) is 54.9. The molecule has 0 aliphatic carbocycles. The molecule has 2 unspecified atom stereocenters. The van der Waals surface area contributed by atoms with Crippen LogP contribution in [0.4, 0.5) is 0 Å². The zero-order valence-corrected chi connectivity index (χ0v) is 48.8. The predicted molar refractivity (Wildman–Crippen MR) is 323 cm³/mol. The Labute approximate surface area is 463 Å². The Bertz CT molecular complexity index is 1930. The number of ether oxygens (including phenoxy) is 2. The van der Waals surface area contributed by atoms with Gasteiger partial charge in [-0.15, -0.1) is 0 Å². The second-order valence-electron chi connectivity index (χ2n) is 19.2. The van der Waals surface area contributed by atoms with Crippen molar-refractivity contribution in [3.63, 3.8) is 0 Å². The first-order chi connectivity index (χ1) is 37.0. The molecule has 0 saturated carbocycles. The highest BCUT2D eigenvalue weighted by Crippen LogP contribution is 2.38. The molecule has 76 heavy (non-hydrogen) atoms. The molecule has 0 rings (SSSR count). The second-order valence-corrected chi connectivity index (χ2v) is 20.6. The molecule has 0 radical (unpaired) electrons. The predicted octanol–water partition coefficient (Wildman–Crippen LogP) is 17.4. The summed E-state index contributed by atoms with van der Waals surface area (Å²) in [5, 5.41) is 0. The molecule has 0 aliphatic heterocycles. The quantitative estimate of drug-likeness (QED) is 0.0195. The van der Waals surface area contributed by atoms with E-state index in [-0.39, 0.29) is 26.1 Å². The number of rotatable bonds is 49. The van der Waals surface area contributed by atoms with Crippen LogP contribution in [0.15, 0.2) is 182 Å². The average Bonchev–Trinajstić information content (AvgIpc) is 3.38. The number of phosphoric ester groups is 1. The Morgan fingerprint density at radius 2 is 0.711 bits per heavy atom. The fourth-order valence-corrected chi connectivity index (χ4v) is 7.32. The number of carbonyl (C=O) groups is 2. The third-order valence-corrected chi connectivity index (χ3v) is 11.9. The molecule has 0 aliphatic rings. The van der Waals surface area contributed by atoms with Crippen LogP contribution in [0, 0.1) is 0 Å². The van der Waals surface area contributed by atoms with Gasteiger partial charge in [-0.25, -0.2) is 0 Å². The molecule has 0 N–H and O–H groups in total. The highest BCUT2D eigenvalue weighted by Gasteiger charge is 2.21. The van der Waals surface area contributed by atoms with E-state index in [1.54, 1.807) is 0 Å². The lowest BCUT2D eigenvalue weighted by Gasteiger charge is -2.28. The molecule has 0 heterocycles. The summed E-state index contributed by atoms with van der Waals surface area (Å²) in [6.07, 6.45) is 85.1. The van der Waals surface area contributed by atoms with Gasteiger partial charge in [-0.3, -0.25) is 14.2 Å². The highest BCUT2D eigenvalue weighted by atomic mass is 31.2. The fourth-order valence-electron chi connectivity index (χ4n) is 6.59. The molecular formula is C66H102NO8P. The van der Waals surface area contributed by atoms with Crippen LogP contribution in [-0.4, -0.2) is 70.0 Å². The summed E-state index contributed by atoms with van der Waals surface area (Å²) in [5.74, 6) is -0.944. The molecule has 2 atom stereocenters. The van der Waals surface area contributed by atoms with E-state index in [2.05, 4.69) is 196 Å². The van der Waals surface area contributed by atoms with E-state index in [1.807, 2.05) is 21.1 Å². The number of quaternary nitrogens is 1. The molecule has 0 aromatic carbocycles. The van der Waals surface area contributed by atoms with Crippen LogP contribution in [0.5, 0.6) is 0 Å². The first-order valence-electron chi connectivity index (χ1n) is 28.5. The maximum atomic E-state index is 12.8. The van der Waals surface area contributed by atoms with Gasteiger partial charge < -0.3 is 27.9 Å². The van der Waals surface area contributed by atoms with Gasteiger partial charge in [0.15, 0.2) is 6.10 Å². The van der Waals surface area contributed by atoms with Crippen molar-refractivity contribution in [3.8, 4) is 0 Å². The number of nitrogens with zero attached hydrogens (tertiary/aromatic N) is 1. The summed E-state index contributed by atoms with van der Waals surface area (Å²) in [4.78, 5) is 37.9. The van der Waals surface area contributed by atoms with Crippen LogP contribution in [0.1, 0.15) is 168 Å². The Kier molecular flexibility index (Phi) is 51.4. The van der Waals surface area contributed by atoms with Crippen molar-refractivity contribution in [2.24, 2.45) is 0 Å². The van der Waals surface area contributed by atoms with Crippen molar-refractivity contribution in [1.82, 2.24) is 0 Å². The zero-order chi connectivity index (χ0) is 55.6. The third-order valence-electron chi connectivity index (χ3n) is 10.9. The van der Waals surface area contributed by atoms with E-state index in [0.717, 1.165) is 128 Å². The van der Waals surface area contributed by atoms with Crippen LogP contribution in [0.3, 0.4) is 0 Å². The molecule has 0 bridgehead atoms. The molecule has 0 saturated heterocycles. The maximum absolute atomic E-state index is 12.8. The Morgan fingerprint density at radius 1 is 0.408 bits per heavy atom. The van der Waals surface area contributed by atoms with Gasteiger partial charge in [0.05, 0.1) is 27.7 Å². The topological polar surface area (TPSA) is 111 Å². The Balaban J connectivity index is 4.42. The van der Waals surface area contributed by atoms with Gasteiger partial charge in [-0.05, 0) is 135 Å². The molecular weight excluding hydrogens is 966 g/mol. The SMILES string of the molecule is CC/C=C\C/C=C\C/C=C\C/C=C\C/C=C\C/C=C\C/C=C\C/C=C\CCCCC(=O)OC(COC(=O)CCCCC/C=C\C/C=C\C/C=C\C/C=C\C/C=C\C/C=C\C/C=C\CC)COP(=O)([O-])OCC[N+](C)(C)C. The fraction of sp³-hybridized carbons (Fsp3) is 0.515. The number of carbonyl (C=O) groups excluding carboxylic acids is 2. The van der Waals surface area contributed by atoms with E-state index in [4.69, 9.17) is 18.5 Å². The standard InChI is InChI=1S/C66H102NO8P/c1-6-8-10-12-14-16-18-20-22-24-26-28-30-32-33-35-37-39-41-43-45-47-49-51-53-55-57-59-66(69)75-64(63-74-76(70,71)73-61-60-67(3,4)5)62-72-65(68)58-56-54-52-50-48-46-44-42-40-38-36-34-31-29-27-25-23-21-19-17-15-13-11-9-7-2/h8-11,14-17,20-23,26-29,32-34,36-37,39-40,42-43,45-46,48-49,51,64H,6-7,12-13,18-19,24-25,30-31,35,38,41,44,47,50,52-63H2,1-5H3/b10-8-,11-9-,16-14-,17-15-,22-20-,23-21-,28-26-,29-27-,33-32-,36-34-,39-37-,42-40-,45-43-,48-46-,51-49-. The largest absolute Gasteiger partial charge is 0.756 e. The van der Waals surface area contributed by atoms with Gasteiger partial charge in [-0.2, -0.15) is 0 Å². The molecule has 424 valence electrons. The smallest absolute Gasteiger partial charge is 0.306 e. The molecule has 0 aromatic rings. The van der Waals surface area contributed by atoms with Crippen LogP contribution in [0.25, 0.3) is 0 Å². The van der Waals surface area contributed by atoms with Crippen LogP contribution in [0.2, 0.25) is 0 Å². The van der Waals surface area contributed by atoms with Crippen molar-refractivity contribution >= 4 is 19.8 Å². The van der Waals surface area contributed by atoms with Crippen molar-refractivity contribution < 1.29 is 42.1 Å². The van der Waals surface area contributed by atoms with Crippen molar-refractivity contribution in [3.05, 3.63) is 182 Å². The number of allylic oxidation sites excluding steroid dienone is 30. The van der Waals surface area contributed by atoms with Gasteiger partial charge >= 0.3 is 11.9 Å². The van der Waals surface area contributed by atoms with Gasteiger partial charge in [0.2, 0.25) is 0 Å². The third kappa shape index (κ3) is 58.4. The molecule has 0 amide bonds. The lowest BCUT2D eigenvalue weighted by atomic mass is 10.1. The van der Waals surface area contributed by atoms with Gasteiger partial charge in [-0.1, -0.05) is 203 Å². The molecule has 9 nitrogen and oxygen atoms in total. The van der Waals surface area contributed by atoms with E-state index < -0.39 is 32.5 Å². The van der Waals surface area contributed by atoms with Crippen molar-refractivity contribution in [2.45, 2.75) is 174 Å². The number of likely N-dealkylation sites (N-methyl/N-ethyl adjacent to an activating group) is 1. The minimum Gasteiger partial charge on any atom is -0.756 e. The van der Waals surface area contributed by atoms with E-state index in [1.165, 1.54) is 0 Å². The first kappa shape index (κ1) is 71.1. The number of esters is 2. The van der Waals surface area contributed by atoms with Gasteiger partial charge in [0.1, 0.15) is 19.8 Å². The lowest BCUT2D eigenvalue weighted by molar-refractivity contribution is -0.870. The Morgan fingerprint density at radius 3 is 1.05 bits per heavy atom. The summed E-state index contributed by atoms with van der Waals surface area (Å²) in [7, 11) is 1.08. The normalized spacial score (nSPS) is 14.7. The highest BCUT2D eigenvalue weighted by molar-refractivity contribution is 7.45. The number of hydrogen-bond acceptors (Lipinski definition) is 8. The molecule has 0 aromatic heterocycles. The summed E-state index contributed by atoms with van der Waals surface area (Å²) < 4.78 is 34.0. The molecule has 0 fully saturated rings. The summed E-state index contributed by atoms with van der Waals surface area (Å²) in [6.45, 7) is 3.87. The Hall–Kier alpha value is -4.89.